The zero-order valence-corrected chi connectivity index (χ0v) is 30.1. The van der Waals surface area contributed by atoms with E-state index in [0.717, 1.165) is 36.3 Å². The predicted molar refractivity (Wildman–Crippen MR) is 198 cm³/mol. The van der Waals surface area contributed by atoms with Gasteiger partial charge in [-0.3, -0.25) is 19.3 Å². The molecule has 2 unspecified atom stereocenters. The Labute approximate surface area is 295 Å². The van der Waals surface area contributed by atoms with Crippen molar-refractivity contribution in [2.45, 2.75) is 52.1 Å². The Kier molecular flexibility index (Phi) is 12.2. The van der Waals surface area contributed by atoms with E-state index in [2.05, 4.69) is 53.7 Å². The van der Waals surface area contributed by atoms with Crippen molar-refractivity contribution in [2.75, 3.05) is 59.4 Å². The van der Waals surface area contributed by atoms with Crippen LogP contribution in [0.5, 0.6) is 17.2 Å². The molecule has 0 bridgehead atoms. The lowest BCUT2D eigenvalue weighted by atomic mass is 9.95. The van der Waals surface area contributed by atoms with Crippen LogP contribution in [0.15, 0.2) is 65.5 Å². The van der Waals surface area contributed by atoms with E-state index in [9.17, 15) is 14.4 Å². The number of nitrogens with zero attached hydrogens (tertiary/aromatic N) is 2. The molecule has 10 heteroatoms. The minimum atomic E-state index is -0.577. The Morgan fingerprint density at radius 1 is 0.940 bits per heavy atom. The first-order valence-corrected chi connectivity index (χ1v) is 17.4. The zero-order chi connectivity index (χ0) is 35.8. The van der Waals surface area contributed by atoms with Gasteiger partial charge in [-0.2, -0.15) is 0 Å². The fraction of sp³-hybridized carbons (Fsp3) is 0.425. The number of piperazine rings is 1. The van der Waals surface area contributed by atoms with Crippen LogP contribution >= 0.6 is 0 Å². The second kappa shape index (κ2) is 16.7. The van der Waals surface area contributed by atoms with Crippen molar-refractivity contribution >= 4 is 23.6 Å². The third kappa shape index (κ3) is 8.48. The molecule has 2 amide bonds. The molecule has 1 aliphatic carbocycles. The third-order valence-corrected chi connectivity index (χ3v) is 9.41. The van der Waals surface area contributed by atoms with Crippen molar-refractivity contribution in [2.24, 2.45) is 5.92 Å². The number of hydrogen-bond acceptors (Lipinski definition) is 8. The van der Waals surface area contributed by atoms with Gasteiger partial charge in [-0.15, -0.1) is 0 Å². The summed E-state index contributed by atoms with van der Waals surface area (Å²) in [6, 6.07) is 16.4. The van der Waals surface area contributed by atoms with E-state index in [1.54, 1.807) is 33.5 Å². The van der Waals surface area contributed by atoms with Gasteiger partial charge in [0.1, 0.15) is 6.04 Å². The molecule has 3 aromatic carbocycles. The second-order valence-electron chi connectivity index (χ2n) is 13.4. The van der Waals surface area contributed by atoms with E-state index in [4.69, 9.17) is 14.2 Å². The Bertz CT molecular complexity index is 1750. The Hall–Kier alpha value is -4.83. The smallest absolute Gasteiger partial charge is 0.245 e. The molecule has 3 aromatic rings. The van der Waals surface area contributed by atoms with Crippen LogP contribution in [-0.4, -0.2) is 81.7 Å². The molecule has 1 fully saturated rings. The van der Waals surface area contributed by atoms with Gasteiger partial charge in [0, 0.05) is 45.2 Å². The first kappa shape index (κ1) is 36.5. The summed E-state index contributed by atoms with van der Waals surface area (Å²) in [5, 5.41) is 6.41. The quantitative estimate of drug-likeness (QED) is 0.256. The number of anilines is 1. The van der Waals surface area contributed by atoms with Gasteiger partial charge < -0.3 is 29.7 Å². The molecule has 2 atom stereocenters. The van der Waals surface area contributed by atoms with Crippen molar-refractivity contribution in [3.8, 4) is 28.4 Å². The van der Waals surface area contributed by atoms with Crippen LogP contribution in [0, 0.1) is 5.92 Å². The van der Waals surface area contributed by atoms with Crippen molar-refractivity contribution in [3.63, 3.8) is 0 Å². The number of carbonyl (C=O) groups excluding carboxylic acids is 2. The Balaban J connectivity index is 1.43. The highest BCUT2D eigenvalue weighted by molar-refractivity contribution is 5.86. The van der Waals surface area contributed by atoms with Crippen molar-refractivity contribution in [1.82, 2.24) is 15.1 Å². The monoisotopic (exact) mass is 682 g/mol. The molecule has 0 saturated carbocycles. The van der Waals surface area contributed by atoms with Gasteiger partial charge in [-0.25, -0.2) is 0 Å². The number of methoxy groups -OCH3 is 3. The van der Waals surface area contributed by atoms with E-state index < -0.39 is 12.1 Å². The van der Waals surface area contributed by atoms with E-state index >= 15 is 0 Å². The van der Waals surface area contributed by atoms with Crippen LogP contribution in [0.25, 0.3) is 17.2 Å². The summed E-state index contributed by atoms with van der Waals surface area (Å²) in [5.74, 6) is 1.48. The number of aryl methyl sites for hydroxylation is 1. The van der Waals surface area contributed by atoms with Gasteiger partial charge in [0.25, 0.3) is 0 Å². The molecule has 1 saturated heterocycles. The van der Waals surface area contributed by atoms with Crippen LogP contribution in [0.3, 0.4) is 0 Å². The van der Waals surface area contributed by atoms with Crippen LogP contribution in [0.2, 0.25) is 0 Å². The highest BCUT2D eigenvalue weighted by Gasteiger charge is 2.31. The highest BCUT2D eigenvalue weighted by atomic mass is 16.5. The molecule has 5 rings (SSSR count). The molecule has 1 aliphatic heterocycles. The second-order valence-corrected chi connectivity index (χ2v) is 13.4. The highest BCUT2D eigenvalue weighted by Crippen LogP contribution is 2.50. The summed E-state index contributed by atoms with van der Waals surface area (Å²) in [4.78, 5) is 44.6. The van der Waals surface area contributed by atoms with Gasteiger partial charge in [0.05, 0.1) is 33.1 Å². The van der Waals surface area contributed by atoms with E-state index in [0.29, 0.717) is 60.9 Å². The van der Waals surface area contributed by atoms with Crippen molar-refractivity contribution in [1.29, 1.82) is 0 Å². The Morgan fingerprint density at radius 2 is 1.66 bits per heavy atom. The summed E-state index contributed by atoms with van der Waals surface area (Å²) >= 11 is 0. The lowest BCUT2D eigenvalue weighted by Gasteiger charge is -2.36. The zero-order valence-electron chi connectivity index (χ0n) is 30.1. The minimum absolute atomic E-state index is 0.00869. The summed E-state index contributed by atoms with van der Waals surface area (Å²) in [5.41, 5.74) is 4.37. The molecular formula is C40H50N4O6. The van der Waals surface area contributed by atoms with Gasteiger partial charge in [-0.05, 0) is 65.6 Å². The number of ether oxygens (including phenoxy) is 3. The fourth-order valence-electron chi connectivity index (χ4n) is 6.98. The molecule has 10 nitrogen and oxygen atoms in total. The van der Waals surface area contributed by atoms with Crippen LogP contribution < -0.4 is 30.3 Å². The topological polar surface area (TPSA) is 109 Å². The first-order chi connectivity index (χ1) is 24.1. The number of nitrogens with one attached hydrogen (secondary N) is 2. The number of hydrogen-bond donors (Lipinski definition) is 2. The minimum Gasteiger partial charge on any atom is -0.493 e. The Morgan fingerprint density at radius 3 is 2.30 bits per heavy atom. The van der Waals surface area contributed by atoms with Gasteiger partial charge in [0.15, 0.2) is 11.5 Å². The maximum atomic E-state index is 14.0. The predicted octanol–water partition coefficient (Wildman–Crippen LogP) is 5.55. The molecule has 2 aliphatic rings. The summed E-state index contributed by atoms with van der Waals surface area (Å²) in [7, 11) is 4.71. The largest absolute Gasteiger partial charge is 0.493 e. The van der Waals surface area contributed by atoms with E-state index in [1.165, 1.54) is 12.5 Å². The standard InChI is InChI=1S/C40H50N4O6/c1-26(2)23-34(40(47)44-21-19-43(20-22-44)18-10-13-28-11-8-7-9-12-28)42-33-17-15-30-31(25-35(33)46)32(41-27(3)45)16-14-29-24-36(48-4)38(49-5)39(50-6)37(29)30/h7-13,15,17,24-26,32,34H,14,16,18-23H2,1-6H3,(H,41,45)(H,42,46). The number of amides is 2. The fourth-order valence-corrected chi connectivity index (χ4v) is 6.98. The van der Waals surface area contributed by atoms with Gasteiger partial charge >= 0.3 is 0 Å². The van der Waals surface area contributed by atoms with E-state index in [-0.39, 0.29) is 23.2 Å². The molecule has 266 valence electrons. The maximum absolute atomic E-state index is 14.0. The molecule has 1 heterocycles. The van der Waals surface area contributed by atoms with Crippen molar-refractivity contribution < 1.29 is 23.8 Å². The lowest BCUT2D eigenvalue weighted by Crippen LogP contribution is -2.53. The van der Waals surface area contributed by atoms with Crippen LogP contribution in [0.4, 0.5) is 5.69 Å². The molecular weight excluding hydrogens is 632 g/mol. The van der Waals surface area contributed by atoms with Crippen molar-refractivity contribution in [3.05, 3.63) is 87.6 Å². The molecule has 50 heavy (non-hydrogen) atoms. The summed E-state index contributed by atoms with van der Waals surface area (Å²) in [6.07, 6.45) is 6.03. The van der Waals surface area contributed by atoms with E-state index in [1.807, 2.05) is 35.2 Å². The van der Waals surface area contributed by atoms with Crippen LogP contribution in [-0.2, 0) is 16.0 Å². The molecule has 0 aromatic heterocycles. The maximum Gasteiger partial charge on any atom is 0.245 e. The lowest BCUT2D eigenvalue weighted by molar-refractivity contribution is -0.134. The number of rotatable bonds is 12. The third-order valence-electron chi connectivity index (χ3n) is 9.41. The normalized spacial score (nSPS) is 16.6. The SMILES string of the molecule is COc1cc2c(c(OC)c1OC)-c1ccc(NC(CC(C)C)C(=O)N3CCN(CC=Cc4ccccc4)CC3)c(=O)cc1C(NC(C)=O)CC2. The number of fused-ring (bicyclic) bond motifs is 3. The number of carbonyl (C=O) groups is 2. The first-order valence-electron chi connectivity index (χ1n) is 17.4. The van der Waals surface area contributed by atoms with Gasteiger partial charge in [0.2, 0.25) is 23.0 Å². The summed E-state index contributed by atoms with van der Waals surface area (Å²) in [6.45, 7) is 9.24. The molecule has 0 radical (unpaired) electrons. The number of benzene rings is 2. The average molecular weight is 683 g/mol. The molecule has 0 spiro atoms. The van der Waals surface area contributed by atoms with Crippen LogP contribution in [0.1, 0.15) is 56.3 Å². The molecule has 2 N–H and O–H groups in total. The summed E-state index contributed by atoms with van der Waals surface area (Å²) < 4.78 is 17.3. The van der Waals surface area contributed by atoms with Gasteiger partial charge in [-0.1, -0.05) is 62.4 Å². The average Bonchev–Trinajstić information content (AvgIpc) is 3.35.